The van der Waals surface area contributed by atoms with Crippen molar-refractivity contribution in [1.82, 2.24) is 30.3 Å². The highest BCUT2D eigenvalue weighted by Gasteiger charge is 2.32. The van der Waals surface area contributed by atoms with Gasteiger partial charge in [0.2, 0.25) is 11.8 Å². The van der Waals surface area contributed by atoms with Gasteiger partial charge in [0.05, 0.1) is 17.2 Å². The molecule has 3 fully saturated rings. The predicted molar refractivity (Wildman–Crippen MR) is 191 cm³/mol. The molecule has 12 nitrogen and oxygen atoms in total. The maximum atomic E-state index is 15.1. The highest BCUT2D eigenvalue weighted by atomic mass is 35.5. The predicted octanol–water partition coefficient (Wildman–Crippen LogP) is 5.34. The molecule has 1 unspecified atom stereocenters. The zero-order valence-corrected chi connectivity index (χ0v) is 29.4. The number of alkyl halides is 3. The van der Waals surface area contributed by atoms with Crippen molar-refractivity contribution in [1.29, 1.82) is 0 Å². The summed E-state index contributed by atoms with van der Waals surface area (Å²) in [6, 6.07) is 14.5. The highest BCUT2D eigenvalue weighted by molar-refractivity contribution is 6.20. The van der Waals surface area contributed by atoms with Crippen LogP contribution in [0.5, 0.6) is 5.75 Å². The minimum Gasteiger partial charge on any atom is -0.420 e. The first-order valence-electron chi connectivity index (χ1n) is 17.5. The maximum absolute atomic E-state index is 15.1. The Kier molecular flexibility index (Phi) is 10.7. The summed E-state index contributed by atoms with van der Waals surface area (Å²) in [7, 11) is 0. The van der Waals surface area contributed by atoms with E-state index in [1.807, 2.05) is 12.1 Å². The lowest BCUT2D eigenvalue weighted by atomic mass is 9.89. The van der Waals surface area contributed by atoms with Crippen LogP contribution in [0.2, 0.25) is 0 Å². The molecule has 0 spiro atoms. The number of imide groups is 1. The Morgan fingerprint density at radius 1 is 0.981 bits per heavy atom. The molecule has 3 saturated heterocycles. The molecule has 53 heavy (non-hydrogen) atoms. The van der Waals surface area contributed by atoms with Crippen LogP contribution in [-0.2, 0) is 16.1 Å². The van der Waals surface area contributed by atoms with E-state index in [2.05, 4.69) is 40.3 Å². The van der Waals surface area contributed by atoms with Crippen LogP contribution in [0.3, 0.4) is 0 Å². The number of nitrogens with zero attached hydrogens (tertiary/aromatic N) is 5. The average Bonchev–Trinajstić information content (AvgIpc) is 3.68. The number of pyridine rings is 1. The number of piperidine rings is 2. The van der Waals surface area contributed by atoms with Crippen molar-refractivity contribution in [2.45, 2.75) is 49.8 Å². The van der Waals surface area contributed by atoms with E-state index in [4.69, 9.17) is 16.6 Å². The number of anilines is 2. The van der Waals surface area contributed by atoms with Crippen LogP contribution in [0.1, 0.15) is 53.1 Å². The van der Waals surface area contributed by atoms with Crippen molar-refractivity contribution in [3.8, 4) is 17.0 Å². The van der Waals surface area contributed by atoms with Crippen LogP contribution in [0.4, 0.5) is 24.7 Å². The van der Waals surface area contributed by atoms with E-state index in [9.17, 15) is 23.2 Å². The van der Waals surface area contributed by atoms with Crippen molar-refractivity contribution in [3.63, 3.8) is 0 Å². The number of likely N-dealkylation sites (tertiary alicyclic amines) is 1. The first-order valence-corrected chi connectivity index (χ1v) is 17.9. The molecular weight excluding hydrogens is 713 g/mol. The lowest BCUT2D eigenvalue weighted by Crippen LogP contribution is -2.53. The minimum absolute atomic E-state index is 0.147. The number of nitrogens with one attached hydrogen (secondary N) is 3. The van der Waals surface area contributed by atoms with Gasteiger partial charge in [-0.1, -0.05) is 12.1 Å². The van der Waals surface area contributed by atoms with Gasteiger partial charge in [-0.15, -0.1) is 8.78 Å². The smallest absolute Gasteiger partial charge is 0.420 e. The van der Waals surface area contributed by atoms with Crippen molar-refractivity contribution in [2.75, 3.05) is 49.5 Å². The van der Waals surface area contributed by atoms with Crippen molar-refractivity contribution in [3.05, 3.63) is 89.5 Å². The van der Waals surface area contributed by atoms with E-state index in [0.717, 1.165) is 63.5 Å². The van der Waals surface area contributed by atoms with Gasteiger partial charge < -0.3 is 15.0 Å². The number of benzene rings is 2. The molecule has 1 atom stereocenters. The number of H-pyrrole nitrogens is 1. The number of halogens is 4. The Morgan fingerprint density at radius 2 is 1.74 bits per heavy atom. The number of aromatic nitrogens is 3. The Balaban J connectivity index is 0.928. The highest BCUT2D eigenvalue weighted by Crippen LogP contribution is 2.32. The van der Waals surface area contributed by atoms with Crippen LogP contribution in [-0.4, -0.2) is 93.6 Å². The third kappa shape index (κ3) is 8.80. The van der Waals surface area contributed by atoms with Crippen molar-refractivity contribution >= 4 is 40.8 Å². The van der Waals surface area contributed by atoms with Gasteiger partial charge in [0.1, 0.15) is 17.4 Å². The second-order valence-electron chi connectivity index (χ2n) is 13.5. The van der Waals surface area contributed by atoms with Gasteiger partial charge in [-0.2, -0.15) is 5.10 Å². The second-order valence-corrected chi connectivity index (χ2v) is 13.9. The van der Waals surface area contributed by atoms with Crippen LogP contribution < -0.4 is 20.3 Å². The Morgan fingerprint density at radius 3 is 2.40 bits per heavy atom. The molecule has 3 aliphatic rings. The van der Waals surface area contributed by atoms with Crippen LogP contribution in [0, 0.1) is 5.82 Å². The zero-order chi connectivity index (χ0) is 37.1. The average molecular weight is 751 g/mol. The first kappa shape index (κ1) is 36.4. The summed E-state index contributed by atoms with van der Waals surface area (Å²) in [6.45, 7) is 5.57. The Labute approximate surface area is 308 Å². The summed E-state index contributed by atoms with van der Waals surface area (Å²) in [4.78, 5) is 48.7. The van der Waals surface area contributed by atoms with E-state index >= 15 is 4.39 Å². The van der Waals surface area contributed by atoms with Crippen molar-refractivity contribution in [2.24, 2.45) is 0 Å². The van der Waals surface area contributed by atoms with Crippen LogP contribution in [0.25, 0.3) is 11.3 Å². The quantitative estimate of drug-likeness (QED) is 0.145. The molecule has 278 valence electrons. The molecule has 7 rings (SSSR count). The van der Waals surface area contributed by atoms with Gasteiger partial charge in [0.15, 0.2) is 0 Å². The number of aromatic amines is 1. The fourth-order valence-corrected chi connectivity index (χ4v) is 7.41. The molecule has 2 aromatic heterocycles. The Hall–Kier alpha value is -4.99. The number of carbonyl (C=O) groups excluding carboxylic acids is 3. The third-order valence-corrected chi connectivity index (χ3v) is 10.1. The zero-order valence-electron chi connectivity index (χ0n) is 28.7. The van der Waals surface area contributed by atoms with Crippen LogP contribution >= 0.6 is 11.6 Å². The normalized spacial score (nSPS) is 19.2. The van der Waals surface area contributed by atoms with Gasteiger partial charge in [0, 0.05) is 86.0 Å². The van der Waals surface area contributed by atoms with Gasteiger partial charge >= 0.3 is 5.57 Å². The first-order chi connectivity index (χ1) is 25.5. The maximum Gasteiger partial charge on any atom is 0.487 e. The molecule has 0 radical (unpaired) electrons. The number of piperazine rings is 1. The minimum atomic E-state index is -3.84. The molecule has 0 bridgehead atoms. The van der Waals surface area contributed by atoms with E-state index < -0.39 is 29.1 Å². The summed E-state index contributed by atoms with van der Waals surface area (Å²) in [6.07, 6.45) is 5.73. The summed E-state index contributed by atoms with van der Waals surface area (Å²) in [5.74, 6) is -1.66. The molecule has 16 heteroatoms. The van der Waals surface area contributed by atoms with Crippen LogP contribution in [0.15, 0.2) is 67.0 Å². The summed E-state index contributed by atoms with van der Waals surface area (Å²) in [5.41, 5.74) is -0.617. The SMILES string of the molecule is O=C1CCC(c2ccc(CN3CCC(N4CCN(c5ncc(C(=O)Nc6ccc(OC(F)(F)Cl)cc6)cc5-c5cc[nH]n5)CC4)CC3)cc2F)C(=O)N1. The molecule has 4 aromatic rings. The monoisotopic (exact) mass is 750 g/mol. The molecule has 3 N–H and O–H groups in total. The van der Waals surface area contributed by atoms with Crippen molar-refractivity contribution < 1.29 is 32.3 Å². The largest absolute Gasteiger partial charge is 0.487 e. The molecule has 0 saturated carbocycles. The number of ether oxygens (including phenoxy) is 1. The fourth-order valence-electron chi connectivity index (χ4n) is 7.32. The topological polar surface area (TPSA) is 136 Å². The molecule has 2 aromatic carbocycles. The molecule has 5 heterocycles. The summed E-state index contributed by atoms with van der Waals surface area (Å²) in [5, 5.41) is 12.2. The standard InChI is InChI=1S/C37H38ClF3N8O4/c38-37(40,41)53-27-4-2-25(3-5-27)44-35(51)24-20-30(32-9-12-43-46-32)34(42-21-24)49-17-15-48(16-18-49)26-10-13-47(14-11-26)22-23-1-6-28(31(39)19-23)29-7-8-33(50)45-36(29)52/h1-6,9,12,19-21,26,29H,7-8,10-11,13-18,22H2,(H,43,46)(H,44,51)(H,45,50,52). The summed E-state index contributed by atoms with van der Waals surface area (Å²) >= 11 is 4.83. The van der Waals surface area contributed by atoms with Gasteiger partial charge in [0.25, 0.3) is 5.91 Å². The van der Waals surface area contributed by atoms with Gasteiger partial charge in [-0.3, -0.25) is 34.6 Å². The Bertz CT molecular complexity index is 1940. The molecular formula is C37H38ClF3N8O4. The van der Waals surface area contributed by atoms with E-state index in [0.29, 0.717) is 47.1 Å². The number of hydrogen-bond donors (Lipinski definition) is 3. The van der Waals surface area contributed by atoms with Gasteiger partial charge in [-0.05, 0) is 80.4 Å². The number of carbonyl (C=O) groups is 3. The molecule has 0 aliphatic carbocycles. The van der Waals surface area contributed by atoms with E-state index in [1.165, 1.54) is 36.5 Å². The van der Waals surface area contributed by atoms with Gasteiger partial charge in [-0.25, -0.2) is 9.37 Å². The fraction of sp³-hybridized carbons (Fsp3) is 0.378. The molecule has 3 amide bonds. The number of amides is 3. The second kappa shape index (κ2) is 15.5. The number of hydrogen-bond acceptors (Lipinski definition) is 9. The molecule has 3 aliphatic heterocycles. The lowest BCUT2D eigenvalue weighted by Gasteiger charge is -2.43. The van der Waals surface area contributed by atoms with E-state index in [1.54, 1.807) is 18.3 Å². The number of rotatable bonds is 10. The summed E-state index contributed by atoms with van der Waals surface area (Å²) < 4.78 is 45.3. The van der Waals surface area contributed by atoms with E-state index in [-0.39, 0.29) is 18.1 Å². The lowest BCUT2D eigenvalue weighted by molar-refractivity contribution is -0.134. The third-order valence-electron chi connectivity index (χ3n) is 10.0.